The summed E-state index contributed by atoms with van der Waals surface area (Å²) in [5, 5.41) is 0. The van der Waals surface area contributed by atoms with Crippen molar-refractivity contribution in [2.45, 2.75) is 11.8 Å². The Hall–Kier alpha value is -2.49. The summed E-state index contributed by atoms with van der Waals surface area (Å²) in [6.45, 7) is 1.80. The second-order valence-corrected chi connectivity index (χ2v) is 6.72. The van der Waals surface area contributed by atoms with E-state index in [1.807, 2.05) is 25.1 Å². The average molecular weight is 345 g/mol. The molecule has 0 aromatic heterocycles. The van der Waals surface area contributed by atoms with Crippen LogP contribution in [0, 0.1) is 18.8 Å². The number of hydrogen-bond acceptors (Lipinski definition) is 4. The summed E-state index contributed by atoms with van der Waals surface area (Å²) in [6.07, 6.45) is 0. The van der Waals surface area contributed by atoms with Crippen molar-refractivity contribution in [2.75, 3.05) is 20.8 Å². The van der Waals surface area contributed by atoms with Crippen molar-refractivity contribution >= 4 is 10.0 Å². The lowest BCUT2D eigenvalue weighted by Crippen LogP contribution is -2.24. The predicted octanol–water partition coefficient (Wildman–Crippen LogP) is 2.34. The van der Waals surface area contributed by atoms with Crippen LogP contribution >= 0.6 is 0 Å². The molecule has 0 saturated carbocycles. The third-order valence-electron chi connectivity index (χ3n) is 3.29. The molecule has 2 rings (SSSR count). The Bertz CT molecular complexity index is 879. The van der Waals surface area contributed by atoms with Crippen molar-refractivity contribution in [3.63, 3.8) is 0 Å². The summed E-state index contributed by atoms with van der Waals surface area (Å²) in [5.41, 5.74) is 1.53. The van der Waals surface area contributed by atoms with Gasteiger partial charge in [-0.15, -0.1) is 0 Å². The van der Waals surface area contributed by atoms with E-state index < -0.39 is 10.0 Å². The predicted molar refractivity (Wildman–Crippen MR) is 92.8 cm³/mol. The highest BCUT2D eigenvalue weighted by molar-refractivity contribution is 7.89. The first-order valence-corrected chi connectivity index (χ1v) is 8.72. The summed E-state index contributed by atoms with van der Waals surface area (Å²) in [5.74, 6) is 6.63. The van der Waals surface area contributed by atoms with Crippen molar-refractivity contribution in [1.82, 2.24) is 4.72 Å². The highest BCUT2D eigenvalue weighted by Gasteiger charge is 2.18. The number of sulfonamides is 1. The van der Waals surface area contributed by atoms with Crippen LogP contribution in [0.3, 0.4) is 0 Å². The van der Waals surface area contributed by atoms with Gasteiger partial charge in [0.25, 0.3) is 0 Å². The van der Waals surface area contributed by atoms with Gasteiger partial charge in [-0.05, 0) is 36.8 Å². The Labute approximate surface area is 142 Å². The van der Waals surface area contributed by atoms with Crippen LogP contribution in [0.1, 0.15) is 11.1 Å². The molecule has 0 bridgehead atoms. The van der Waals surface area contributed by atoms with Crippen molar-refractivity contribution < 1.29 is 17.9 Å². The molecule has 0 aliphatic carbocycles. The molecule has 0 amide bonds. The number of methoxy groups -OCH3 is 2. The minimum atomic E-state index is -3.70. The number of aryl methyl sites for hydroxylation is 1. The summed E-state index contributed by atoms with van der Waals surface area (Å²) in [4.78, 5) is 0.101. The molecule has 0 aliphatic rings. The lowest BCUT2D eigenvalue weighted by atomic mass is 10.2. The maximum absolute atomic E-state index is 12.4. The quantitative estimate of drug-likeness (QED) is 0.845. The van der Waals surface area contributed by atoms with Gasteiger partial charge in [-0.3, -0.25) is 0 Å². The minimum Gasteiger partial charge on any atom is -0.495 e. The fourth-order valence-electron chi connectivity index (χ4n) is 2.09. The zero-order chi connectivity index (χ0) is 17.6. The van der Waals surface area contributed by atoms with Crippen LogP contribution in [-0.4, -0.2) is 29.2 Å². The molecule has 1 N–H and O–H groups in total. The first-order chi connectivity index (χ1) is 11.5. The summed E-state index contributed by atoms with van der Waals surface area (Å²) in [6, 6.07) is 12.3. The summed E-state index contributed by atoms with van der Waals surface area (Å²) >= 11 is 0. The Morgan fingerprint density at radius 2 is 1.75 bits per heavy atom. The molecule has 0 aliphatic heterocycles. The molecule has 0 saturated heterocycles. The number of rotatable bonds is 5. The number of benzene rings is 2. The molecule has 0 spiro atoms. The second kappa shape index (κ2) is 7.86. The third kappa shape index (κ3) is 4.28. The van der Waals surface area contributed by atoms with Gasteiger partial charge in [0.05, 0.1) is 26.3 Å². The number of nitrogens with one attached hydrogen (secondary N) is 1. The third-order valence-corrected chi connectivity index (χ3v) is 4.71. The molecule has 2 aromatic rings. The number of ether oxygens (including phenoxy) is 2. The largest absolute Gasteiger partial charge is 0.495 e. The van der Waals surface area contributed by atoms with E-state index in [0.717, 1.165) is 5.56 Å². The Morgan fingerprint density at radius 3 is 2.46 bits per heavy atom. The Balaban J connectivity index is 2.15. The van der Waals surface area contributed by atoms with Gasteiger partial charge < -0.3 is 9.47 Å². The van der Waals surface area contributed by atoms with E-state index in [4.69, 9.17) is 9.47 Å². The molecule has 0 radical (unpaired) electrons. The lowest BCUT2D eigenvalue weighted by Gasteiger charge is -2.10. The van der Waals surface area contributed by atoms with Crippen LogP contribution < -0.4 is 14.2 Å². The SMILES string of the molecule is COc1ccccc1C#CCNS(=O)(=O)c1cc(C)ccc1OC. The van der Waals surface area contributed by atoms with Crippen LogP contribution in [0.25, 0.3) is 0 Å². The van der Waals surface area contributed by atoms with E-state index >= 15 is 0 Å². The van der Waals surface area contributed by atoms with Gasteiger partial charge >= 0.3 is 0 Å². The van der Waals surface area contributed by atoms with Gasteiger partial charge in [0.1, 0.15) is 16.4 Å². The molecule has 5 nitrogen and oxygen atoms in total. The molecule has 0 atom stereocenters. The van der Waals surface area contributed by atoms with E-state index in [2.05, 4.69) is 16.6 Å². The van der Waals surface area contributed by atoms with Crippen molar-refractivity contribution in [2.24, 2.45) is 0 Å². The van der Waals surface area contributed by atoms with Gasteiger partial charge in [0, 0.05) is 0 Å². The van der Waals surface area contributed by atoms with Gasteiger partial charge in [0.15, 0.2) is 0 Å². The standard InChI is InChI=1S/C18H19NO4S/c1-14-10-11-17(23-3)18(13-14)24(20,21)19-12-6-8-15-7-4-5-9-16(15)22-2/h4-5,7,9-11,13,19H,12H2,1-3H3. The fraction of sp³-hybridized carbons (Fsp3) is 0.222. The summed E-state index contributed by atoms with van der Waals surface area (Å²) < 4.78 is 37.6. The summed E-state index contributed by atoms with van der Waals surface area (Å²) in [7, 11) is -0.706. The monoisotopic (exact) mass is 345 g/mol. The molecule has 0 fully saturated rings. The minimum absolute atomic E-state index is 0.0164. The first-order valence-electron chi connectivity index (χ1n) is 7.24. The molecule has 0 unspecified atom stereocenters. The van der Waals surface area contributed by atoms with E-state index in [1.165, 1.54) is 7.11 Å². The topological polar surface area (TPSA) is 64.6 Å². The van der Waals surface area contributed by atoms with Crippen LogP contribution in [-0.2, 0) is 10.0 Å². The van der Waals surface area contributed by atoms with Crippen LogP contribution in [0.2, 0.25) is 0 Å². The second-order valence-electron chi connectivity index (χ2n) is 4.98. The first kappa shape index (κ1) is 17.9. The van der Waals surface area contributed by atoms with E-state index in [-0.39, 0.29) is 11.4 Å². The Morgan fingerprint density at radius 1 is 1.04 bits per heavy atom. The lowest BCUT2D eigenvalue weighted by molar-refractivity contribution is 0.402. The van der Waals surface area contributed by atoms with E-state index in [9.17, 15) is 8.42 Å². The fourth-order valence-corrected chi connectivity index (χ4v) is 3.27. The van der Waals surface area contributed by atoms with Crippen LogP contribution in [0.15, 0.2) is 47.4 Å². The molecular weight excluding hydrogens is 326 g/mol. The van der Waals surface area contributed by atoms with Gasteiger partial charge in [-0.2, -0.15) is 4.72 Å². The van der Waals surface area contributed by atoms with E-state index in [1.54, 1.807) is 31.4 Å². The maximum atomic E-state index is 12.4. The molecule has 6 heteroatoms. The molecule has 126 valence electrons. The zero-order valence-corrected chi connectivity index (χ0v) is 14.6. The normalized spacial score (nSPS) is 10.6. The smallest absolute Gasteiger partial charge is 0.245 e. The molecule has 24 heavy (non-hydrogen) atoms. The van der Waals surface area contributed by atoms with Gasteiger partial charge in [-0.1, -0.05) is 30.0 Å². The van der Waals surface area contributed by atoms with Gasteiger partial charge in [-0.25, -0.2) is 8.42 Å². The highest BCUT2D eigenvalue weighted by Crippen LogP contribution is 2.24. The maximum Gasteiger partial charge on any atom is 0.245 e. The Kier molecular flexibility index (Phi) is 5.85. The molecule has 2 aromatic carbocycles. The van der Waals surface area contributed by atoms with Crippen molar-refractivity contribution in [1.29, 1.82) is 0 Å². The van der Waals surface area contributed by atoms with E-state index in [0.29, 0.717) is 17.1 Å². The zero-order valence-electron chi connectivity index (χ0n) is 13.8. The molecule has 0 heterocycles. The van der Waals surface area contributed by atoms with Gasteiger partial charge in [0.2, 0.25) is 10.0 Å². The molecular formula is C18H19NO4S. The van der Waals surface area contributed by atoms with Crippen molar-refractivity contribution in [3.8, 4) is 23.3 Å². The van der Waals surface area contributed by atoms with Crippen molar-refractivity contribution in [3.05, 3.63) is 53.6 Å². The highest BCUT2D eigenvalue weighted by atomic mass is 32.2. The van der Waals surface area contributed by atoms with Crippen LogP contribution in [0.4, 0.5) is 0 Å². The average Bonchev–Trinajstić information content (AvgIpc) is 2.59. The van der Waals surface area contributed by atoms with Crippen LogP contribution in [0.5, 0.6) is 11.5 Å². The number of hydrogen-bond donors (Lipinski definition) is 1. The number of para-hydroxylation sites is 1.